The summed E-state index contributed by atoms with van der Waals surface area (Å²) < 4.78 is 3.89. The highest BCUT2D eigenvalue weighted by atomic mass is 15.3. The minimum absolute atomic E-state index is 0.601. The summed E-state index contributed by atoms with van der Waals surface area (Å²) in [7, 11) is 1.92. The summed E-state index contributed by atoms with van der Waals surface area (Å²) >= 11 is 0. The van der Waals surface area contributed by atoms with Gasteiger partial charge in [-0.25, -0.2) is 4.98 Å². The van der Waals surface area contributed by atoms with Crippen molar-refractivity contribution < 1.29 is 0 Å². The molecule has 0 radical (unpaired) electrons. The second kappa shape index (κ2) is 4.82. The van der Waals surface area contributed by atoms with E-state index in [1.54, 1.807) is 6.33 Å². The maximum atomic E-state index is 4.40. The summed E-state index contributed by atoms with van der Waals surface area (Å²) in [5, 5.41) is 11.1. The van der Waals surface area contributed by atoms with Crippen LogP contribution in [0.3, 0.4) is 0 Å². The Balaban J connectivity index is 2.08. The molecular formula is C11H16N6. The van der Waals surface area contributed by atoms with E-state index < -0.39 is 0 Å². The molecular weight excluding hydrogens is 216 g/mol. The minimum atomic E-state index is 0.601. The van der Waals surface area contributed by atoms with Gasteiger partial charge in [-0.15, -0.1) is 16.8 Å². The van der Waals surface area contributed by atoms with Gasteiger partial charge in [-0.05, 0) is 6.92 Å². The third-order valence-electron chi connectivity index (χ3n) is 2.43. The van der Waals surface area contributed by atoms with E-state index >= 15 is 0 Å². The first kappa shape index (κ1) is 11.4. The Hall–Kier alpha value is -2.11. The van der Waals surface area contributed by atoms with Crippen LogP contribution in [0.2, 0.25) is 0 Å². The van der Waals surface area contributed by atoms with Crippen LogP contribution in [0.25, 0.3) is 0 Å². The van der Waals surface area contributed by atoms with E-state index in [0.29, 0.717) is 6.54 Å². The van der Waals surface area contributed by atoms with Crippen molar-refractivity contribution >= 4 is 5.95 Å². The fourth-order valence-electron chi connectivity index (χ4n) is 1.59. The van der Waals surface area contributed by atoms with Gasteiger partial charge in [-0.1, -0.05) is 6.08 Å². The van der Waals surface area contributed by atoms with Crippen LogP contribution in [-0.4, -0.2) is 24.3 Å². The van der Waals surface area contributed by atoms with Crippen molar-refractivity contribution in [2.24, 2.45) is 7.05 Å². The van der Waals surface area contributed by atoms with Crippen LogP contribution in [0.5, 0.6) is 0 Å². The predicted molar refractivity (Wildman–Crippen MR) is 65.5 cm³/mol. The maximum Gasteiger partial charge on any atom is 0.203 e. The second-order valence-electron chi connectivity index (χ2n) is 3.86. The smallest absolute Gasteiger partial charge is 0.203 e. The van der Waals surface area contributed by atoms with Crippen LogP contribution < -0.4 is 5.32 Å². The van der Waals surface area contributed by atoms with Gasteiger partial charge < -0.3 is 14.5 Å². The third-order valence-corrected chi connectivity index (χ3v) is 2.43. The van der Waals surface area contributed by atoms with Crippen molar-refractivity contribution in [2.75, 3.05) is 5.32 Å². The first-order chi connectivity index (χ1) is 8.20. The van der Waals surface area contributed by atoms with Crippen LogP contribution >= 0.6 is 0 Å². The summed E-state index contributed by atoms with van der Waals surface area (Å²) in [6.07, 6.45) is 5.51. The Morgan fingerprint density at radius 3 is 3.00 bits per heavy atom. The van der Waals surface area contributed by atoms with Crippen molar-refractivity contribution in [2.45, 2.75) is 20.0 Å². The topological polar surface area (TPSA) is 60.6 Å². The van der Waals surface area contributed by atoms with Gasteiger partial charge in [0.1, 0.15) is 6.33 Å². The summed E-state index contributed by atoms with van der Waals surface area (Å²) in [6, 6.07) is 0. The highest BCUT2D eigenvalue weighted by Crippen LogP contribution is 2.09. The Morgan fingerprint density at radius 2 is 2.35 bits per heavy atom. The van der Waals surface area contributed by atoms with Crippen LogP contribution in [0.1, 0.15) is 11.5 Å². The molecule has 0 aliphatic rings. The second-order valence-corrected chi connectivity index (χ2v) is 3.86. The van der Waals surface area contributed by atoms with Gasteiger partial charge in [-0.3, -0.25) is 0 Å². The number of imidazole rings is 1. The van der Waals surface area contributed by atoms with Crippen molar-refractivity contribution in [3.63, 3.8) is 0 Å². The number of anilines is 1. The summed E-state index contributed by atoms with van der Waals surface area (Å²) in [4.78, 5) is 4.40. The molecule has 0 atom stereocenters. The number of hydrogen-bond acceptors (Lipinski definition) is 4. The molecule has 6 nitrogen and oxygen atoms in total. The number of nitrogens with zero attached hydrogens (tertiary/aromatic N) is 5. The molecule has 0 aliphatic carbocycles. The van der Waals surface area contributed by atoms with Crippen molar-refractivity contribution in [3.05, 3.63) is 36.7 Å². The molecule has 0 unspecified atom stereocenters. The Kier molecular flexibility index (Phi) is 3.22. The molecule has 2 heterocycles. The number of hydrogen-bond donors (Lipinski definition) is 1. The molecule has 0 saturated heterocycles. The van der Waals surface area contributed by atoms with Crippen LogP contribution in [0.15, 0.2) is 25.2 Å². The first-order valence-electron chi connectivity index (χ1n) is 5.42. The molecule has 0 aliphatic heterocycles. The van der Waals surface area contributed by atoms with E-state index in [1.807, 2.05) is 35.4 Å². The highest BCUT2D eigenvalue weighted by Gasteiger charge is 2.06. The normalized spacial score (nSPS) is 10.5. The third kappa shape index (κ3) is 2.52. The molecule has 2 rings (SSSR count). The molecule has 2 aromatic heterocycles. The van der Waals surface area contributed by atoms with Crippen LogP contribution in [-0.2, 0) is 20.1 Å². The zero-order valence-electron chi connectivity index (χ0n) is 10.1. The van der Waals surface area contributed by atoms with E-state index in [-0.39, 0.29) is 0 Å². The van der Waals surface area contributed by atoms with E-state index in [1.165, 1.54) is 0 Å². The van der Waals surface area contributed by atoms with Crippen molar-refractivity contribution in [3.8, 4) is 0 Å². The average Bonchev–Trinajstić information content (AvgIpc) is 2.83. The SMILES string of the molecule is C=CCn1cc(C)nc1NCc1nncn1C. The van der Waals surface area contributed by atoms with Crippen molar-refractivity contribution in [1.29, 1.82) is 0 Å². The molecule has 2 aromatic rings. The summed E-state index contributed by atoms with van der Waals surface area (Å²) in [5.74, 6) is 1.70. The number of nitrogens with one attached hydrogen (secondary N) is 1. The highest BCUT2D eigenvalue weighted by molar-refractivity contribution is 5.29. The Labute approximate surface area is 100 Å². The van der Waals surface area contributed by atoms with Gasteiger partial charge in [0.05, 0.1) is 12.2 Å². The van der Waals surface area contributed by atoms with E-state index in [2.05, 4.69) is 27.1 Å². The molecule has 0 aromatic carbocycles. The monoisotopic (exact) mass is 232 g/mol. The largest absolute Gasteiger partial charge is 0.348 e. The lowest BCUT2D eigenvalue weighted by molar-refractivity contribution is 0.782. The predicted octanol–water partition coefficient (Wildman–Crippen LogP) is 1.12. The van der Waals surface area contributed by atoms with Gasteiger partial charge in [0.2, 0.25) is 5.95 Å². The molecule has 0 spiro atoms. The Bertz CT molecular complexity index is 510. The minimum Gasteiger partial charge on any atom is -0.348 e. The van der Waals surface area contributed by atoms with E-state index in [0.717, 1.165) is 24.0 Å². The molecule has 0 fully saturated rings. The van der Waals surface area contributed by atoms with Gasteiger partial charge in [0.25, 0.3) is 0 Å². The average molecular weight is 232 g/mol. The quantitative estimate of drug-likeness (QED) is 0.785. The molecule has 6 heteroatoms. The number of aromatic nitrogens is 5. The molecule has 90 valence electrons. The molecule has 0 amide bonds. The van der Waals surface area contributed by atoms with Crippen LogP contribution in [0, 0.1) is 6.92 Å². The number of allylic oxidation sites excluding steroid dienone is 1. The molecule has 1 N–H and O–H groups in total. The summed E-state index contributed by atoms with van der Waals surface area (Å²) in [5.41, 5.74) is 0.979. The standard InChI is InChI=1S/C11H16N6/c1-4-5-17-7-9(2)14-11(17)12-6-10-15-13-8-16(10)3/h4,7-8H,1,5-6H2,2-3H3,(H,12,14). The zero-order valence-corrected chi connectivity index (χ0v) is 10.1. The fourth-order valence-corrected chi connectivity index (χ4v) is 1.59. The molecule has 0 bridgehead atoms. The van der Waals surface area contributed by atoms with Crippen LogP contribution in [0.4, 0.5) is 5.95 Å². The van der Waals surface area contributed by atoms with Gasteiger partial charge >= 0.3 is 0 Å². The molecule has 0 saturated carbocycles. The van der Waals surface area contributed by atoms with Gasteiger partial charge in [0, 0.05) is 19.8 Å². The maximum absolute atomic E-state index is 4.40. The van der Waals surface area contributed by atoms with E-state index in [9.17, 15) is 0 Å². The first-order valence-corrected chi connectivity index (χ1v) is 5.42. The number of rotatable bonds is 5. The van der Waals surface area contributed by atoms with Gasteiger partial charge in [0.15, 0.2) is 5.82 Å². The fraction of sp³-hybridized carbons (Fsp3) is 0.364. The lowest BCUT2D eigenvalue weighted by atomic mass is 10.5. The number of aryl methyl sites for hydroxylation is 2. The van der Waals surface area contributed by atoms with Crippen molar-refractivity contribution in [1.82, 2.24) is 24.3 Å². The Morgan fingerprint density at radius 1 is 1.53 bits per heavy atom. The lowest BCUT2D eigenvalue weighted by Gasteiger charge is -2.07. The van der Waals surface area contributed by atoms with Gasteiger partial charge in [-0.2, -0.15) is 0 Å². The van der Waals surface area contributed by atoms with E-state index in [4.69, 9.17) is 0 Å². The summed E-state index contributed by atoms with van der Waals surface area (Å²) in [6.45, 7) is 7.03. The lowest BCUT2D eigenvalue weighted by Crippen LogP contribution is -2.10. The molecule has 17 heavy (non-hydrogen) atoms. The zero-order chi connectivity index (χ0) is 12.3.